The third kappa shape index (κ3) is 45.6. The van der Waals surface area contributed by atoms with E-state index >= 15 is 0 Å². The fourth-order valence-electron chi connectivity index (χ4n) is 15.9. The summed E-state index contributed by atoms with van der Waals surface area (Å²) >= 11 is 2.29. The topological polar surface area (TPSA) is 621 Å². The highest BCUT2D eigenvalue weighted by molar-refractivity contribution is 8.77. The van der Waals surface area contributed by atoms with Crippen LogP contribution in [0.1, 0.15) is 254 Å². The Bertz CT molecular complexity index is 5190. The number of amides is 10. The van der Waals surface area contributed by atoms with E-state index in [1.54, 1.807) is 78.0 Å². The first-order valence-electron chi connectivity index (χ1n) is 49.7. The van der Waals surface area contributed by atoms with Crippen LogP contribution in [0.2, 0.25) is 0 Å². The zero-order valence-electron chi connectivity index (χ0n) is 87.6. The molecule has 4 aromatic heterocycles. The summed E-state index contributed by atoms with van der Waals surface area (Å²) in [7, 11) is 8.76. The maximum absolute atomic E-state index is 14.8. The van der Waals surface area contributed by atoms with E-state index in [0.717, 1.165) is 102 Å². The van der Waals surface area contributed by atoms with Gasteiger partial charge in [0, 0.05) is 123 Å². The van der Waals surface area contributed by atoms with Crippen molar-refractivity contribution in [2.45, 2.75) is 283 Å². The zero-order chi connectivity index (χ0) is 111. The van der Waals surface area contributed by atoms with Crippen LogP contribution in [0.15, 0.2) is 106 Å². The average molecular weight is 2190 g/mol. The Morgan fingerprint density at radius 1 is 0.523 bits per heavy atom. The van der Waals surface area contributed by atoms with Crippen molar-refractivity contribution >= 4 is 155 Å². The lowest BCUT2D eigenvalue weighted by Gasteiger charge is -2.40. The molecule has 2 aliphatic heterocycles. The van der Waals surface area contributed by atoms with Gasteiger partial charge in [0.05, 0.1) is 21.9 Å². The van der Waals surface area contributed by atoms with Gasteiger partial charge < -0.3 is 92.6 Å². The summed E-state index contributed by atoms with van der Waals surface area (Å²) in [5.41, 5.74) is 22.4. The average Bonchev–Trinajstić information content (AvgIpc) is 1.78. The number of primary amides is 4. The van der Waals surface area contributed by atoms with E-state index in [1.165, 1.54) is 88.3 Å². The highest BCUT2D eigenvalue weighted by atomic mass is 33.1. The van der Waals surface area contributed by atoms with E-state index in [-0.39, 0.29) is 147 Å². The molecule has 0 unspecified atom stereocenters. The molecule has 0 aliphatic carbocycles. The first kappa shape index (κ1) is 128. The van der Waals surface area contributed by atoms with Gasteiger partial charge in [0.2, 0.25) is 35.4 Å². The van der Waals surface area contributed by atoms with Crippen molar-refractivity contribution in [1.29, 1.82) is 0 Å². The number of hydrogen-bond acceptors (Lipinski definition) is 37. The van der Waals surface area contributed by atoms with Gasteiger partial charge in [-0.3, -0.25) is 82.8 Å². The largest absolute Gasteiger partial charge is 0.508 e. The lowest BCUT2D eigenvalue weighted by Crippen LogP contribution is -2.59. The summed E-state index contributed by atoms with van der Waals surface area (Å²) in [4.78, 5) is 211. The molecular weight excluding hydrogens is 2050 g/mol. The summed E-state index contributed by atoms with van der Waals surface area (Å²) in [5.74, 6) is -5.39. The number of nitrogens with zero attached hydrogens (tertiary/aromatic N) is 10. The number of nitrogens with two attached hydrogens (primary N) is 4. The van der Waals surface area contributed by atoms with E-state index in [1.807, 2.05) is 86.2 Å². The molecule has 14 N–H and O–H groups in total. The molecule has 10 amide bonds. The van der Waals surface area contributed by atoms with Crippen LogP contribution < -0.4 is 44.2 Å². The lowest BCUT2D eigenvalue weighted by atomic mass is 9.92. The molecular formula is C100H148N18O25S6. The van der Waals surface area contributed by atoms with Crippen molar-refractivity contribution in [2.75, 3.05) is 72.0 Å². The molecule has 14 atom stereocenters. The van der Waals surface area contributed by atoms with E-state index in [9.17, 15) is 92.8 Å². The number of nitro groups is 2. The van der Waals surface area contributed by atoms with Gasteiger partial charge in [-0.25, -0.2) is 29.5 Å². The van der Waals surface area contributed by atoms with Crippen molar-refractivity contribution in [3.8, 4) is 11.5 Å². The highest BCUT2D eigenvalue weighted by Crippen LogP contribution is 2.39. The van der Waals surface area contributed by atoms with Crippen LogP contribution in [0.5, 0.6) is 11.5 Å². The number of benzene rings is 2. The van der Waals surface area contributed by atoms with Gasteiger partial charge in [-0.1, -0.05) is 161 Å². The van der Waals surface area contributed by atoms with Gasteiger partial charge >= 0.3 is 41.5 Å². The molecule has 0 radical (unpaired) electrons. The van der Waals surface area contributed by atoms with Crippen molar-refractivity contribution in [3.63, 3.8) is 0 Å². The second-order valence-corrected chi connectivity index (χ2v) is 43.6. The molecule has 6 aromatic rings. The quantitative estimate of drug-likeness (QED) is 0.00322. The minimum Gasteiger partial charge on any atom is -0.508 e. The Balaban J connectivity index is 0.000000397. The number of phenolic OH excluding ortho intramolecular Hbond substituents is 2. The van der Waals surface area contributed by atoms with Crippen LogP contribution in [-0.2, 0) is 84.4 Å². The number of ether oxygens (including phenoxy) is 6. The predicted octanol–water partition coefficient (Wildman–Crippen LogP) is 13.9. The number of unbranched alkanes of at least 4 members (excludes halogenated alkanes) is 1. The molecule has 149 heavy (non-hydrogen) atoms. The number of nitrogens with one attached hydrogen (secondary N) is 4. The molecule has 0 spiro atoms. The standard InChI is InChI=1S/C42H64N6O9S.C42H66N6O8S.2C8H9N3O4S2/c1-9-13-36(51)56-24-48(42(55)37(26(5)10-2)46-40(54)33-14-11-12-19-47(33)8)34(25(3)4)22-35(57-28(7)49)41-45-32(23-58-41)39(53)44-30(20-27(6)38(43)52)21-29-15-17-31(50)18-16-29;1-9-11-20-55-25-48(42(54)37(27(5)10-2)46-40(53)34-14-12-13-19-47(34)8)35(26(3)4)23-36(56-29(7)49)41-45-33(24-57-41)39(52)44-31(21-28(6)38(43)51)22-30-15-17-32(50)18-16-30;2*9-8(12)15-4-5-16-17-7-6(11(13)14)2-1-3-10-7/h15-18,23,25-27,30,33-35,37,50H,9-14,19-22,24H2,1-8H3,(H2,43,52)(H,44,53)(H,46,54);15-18,24,26-28,31,34-37,50H,9-14,19-23,25H2,1-8H3,(H2,43,51)(H,44,52)(H,46,53);2*1-3H,4-5H2,(H2,9,12)/t26-,27-,30+,33+,34+,35+,37-;27-,28-,31+,34+,35+,36+,37-;;/m00../s1. The smallest absolute Gasteiger partial charge is 0.404 e. The highest BCUT2D eigenvalue weighted by Gasteiger charge is 2.43. The normalized spacial score (nSPS) is 15.9. The number of carbonyl (C=O) groups is 13. The van der Waals surface area contributed by atoms with Crippen LogP contribution in [0, 0.1) is 55.7 Å². The lowest BCUT2D eigenvalue weighted by molar-refractivity contribution is -0.388. The van der Waals surface area contributed by atoms with Crippen LogP contribution >= 0.6 is 65.8 Å². The van der Waals surface area contributed by atoms with Crippen LogP contribution in [0.4, 0.5) is 21.0 Å². The fourth-order valence-corrected chi connectivity index (χ4v) is 21.3. The Kier molecular flexibility index (Phi) is 58.0. The number of rotatable bonds is 57. The number of thiazole rings is 2. The molecule has 0 bridgehead atoms. The fraction of sp³-hybridized carbons (Fsp3) is 0.590. The number of likely N-dealkylation sites (N-methyl/N-ethyl adjacent to an activating group) is 2. The first-order valence-corrected chi connectivity index (χ1v) is 56.1. The van der Waals surface area contributed by atoms with Crippen molar-refractivity contribution in [1.82, 2.24) is 60.8 Å². The van der Waals surface area contributed by atoms with E-state index in [2.05, 4.69) is 57.6 Å². The first-order chi connectivity index (χ1) is 70.7. The van der Waals surface area contributed by atoms with Gasteiger partial charge in [0.25, 0.3) is 11.8 Å². The number of phenols is 2. The number of pyridine rings is 2. The molecule has 49 heteroatoms. The van der Waals surface area contributed by atoms with Crippen molar-refractivity contribution in [3.05, 3.63) is 149 Å². The molecule has 2 fully saturated rings. The molecule has 6 heterocycles. The number of likely N-dealkylation sites (tertiary alicyclic amines) is 2. The van der Waals surface area contributed by atoms with Gasteiger partial charge in [-0.2, -0.15) is 0 Å². The predicted molar refractivity (Wildman–Crippen MR) is 570 cm³/mol. The summed E-state index contributed by atoms with van der Waals surface area (Å²) < 4.78 is 32.5. The summed E-state index contributed by atoms with van der Waals surface area (Å²) in [6, 6.07) is 14.4. The van der Waals surface area contributed by atoms with E-state index in [0.29, 0.717) is 76.7 Å². The summed E-state index contributed by atoms with van der Waals surface area (Å²) in [6.07, 6.45) is 9.87. The molecule has 2 aliphatic rings. The van der Waals surface area contributed by atoms with Crippen molar-refractivity contribution < 1.29 is 111 Å². The van der Waals surface area contributed by atoms with Crippen LogP contribution in [-0.4, -0.2) is 257 Å². The molecule has 43 nitrogen and oxygen atoms in total. The third-order valence-corrected chi connectivity index (χ3v) is 31.0. The SMILES string of the molecule is CCCC(=O)OCN(C(=O)[C@@H](NC(=O)[C@H]1CCCCN1C)[C@@H](C)CC)[C@H](C[C@@H](OC(C)=O)c1nc(C(=O)N[C@@H](Cc2ccc(O)cc2)C[C@H](C)C(N)=O)cs1)C(C)C.CCCCOCN(C(=O)[C@@H](NC(=O)[C@H]1CCCCN1C)[C@@H](C)CC)[C@H](C[C@@H](OC(C)=O)c1nc(C(=O)N[C@@H](Cc2ccc(O)cc2)C[C@H](C)C(N)=O)cs1)C(C)C.NC(=O)OCCSSc1ncccc1[N+](=O)[O-].NC(=O)OCCSSc1ncccc1[N+](=O)[O-]. The third-order valence-electron chi connectivity index (χ3n) is 24.6. The maximum atomic E-state index is 14.8. The molecule has 824 valence electrons. The van der Waals surface area contributed by atoms with E-state index in [4.69, 9.17) is 41.9 Å². The minimum absolute atomic E-state index is 0.0156. The van der Waals surface area contributed by atoms with Crippen LogP contribution in [0.25, 0.3) is 0 Å². The molecule has 2 saturated heterocycles. The minimum atomic E-state index is -0.992. The monoisotopic (exact) mass is 2190 g/mol. The zero-order valence-corrected chi connectivity index (χ0v) is 92.5. The Labute approximate surface area is 894 Å². The number of carbonyl (C=O) groups excluding carboxylic acids is 13. The molecule has 2 aromatic carbocycles. The maximum Gasteiger partial charge on any atom is 0.404 e. The van der Waals surface area contributed by atoms with E-state index < -0.39 is 130 Å². The summed E-state index contributed by atoms with van der Waals surface area (Å²) in [6.45, 7) is 27.4. The molecule has 0 saturated carbocycles. The summed E-state index contributed by atoms with van der Waals surface area (Å²) in [5, 5.41) is 57.4. The number of piperidine rings is 2. The number of esters is 3. The van der Waals surface area contributed by atoms with Gasteiger partial charge in [0.15, 0.2) is 29.0 Å². The van der Waals surface area contributed by atoms with Gasteiger partial charge in [0.1, 0.15) is 64.9 Å². The van der Waals surface area contributed by atoms with Crippen molar-refractivity contribution in [2.24, 2.45) is 58.4 Å². The Morgan fingerprint density at radius 3 is 1.25 bits per heavy atom. The number of aromatic nitrogens is 4. The van der Waals surface area contributed by atoms with Gasteiger partial charge in [-0.05, 0) is 184 Å². The van der Waals surface area contributed by atoms with Gasteiger partial charge in [-0.15, -0.1) is 22.7 Å². The Hall–Kier alpha value is -11.6. The molecule has 8 rings (SSSR count). The number of hydrogen-bond donors (Lipinski definition) is 10. The second kappa shape index (κ2) is 67.5. The number of aromatic hydroxyl groups is 2. The second-order valence-electron chi connectivity index (χ2n) is 37.0. The Morgan fingerprint density at radius 2 is 0.913 bits per heavy atom. The van der Waals surface area contributed by atoms with Crippen LogP contribution in [0.3, 0.4) is 0 Å².